The number of carbonyl (C=O) groups is 1. The summed E-state index contributed by atoms with van der Waals surface area (Å²) in [6, 6.07) is 4.42. The van der Waals surface area contributed by atoms with Gasteiger partial charge in [0, 0.05) is 29.2 Å². The highest BCUT2D eigenvalue weighted by atomic mass is 79.9. The van der Waals surface area contributed by atoms with Crippen molar-refractivity contribution in [2.75, 3.05) is 6.54 Å². The highest BCUT2D eigenvalue weighted by Gasteiger charge is 2.17. The first-order valence-corrected chi connectivity index (χ1v) is 8.11. The fraction of sp³-hybridized carbons (Fsp3) is 0.562. The summed E-state index contributed by atoms with van der Waals surface area (Å²) in [4.78, 5) is 11.8. The van der Waals surface area contributed by atoms with Gasteiger partial charge in [0.2, 0.25) is 0 Å². The Hall–Kier alpha value is -1.07. The van der Waals surface area contributed by atoms with E-state index in [1.807, 2.05) is 26.0 Å². The highest BCUT2D eigenvalue weighted by molar-refractivity contribution is 9.10. The first-order valence-electron chi connectivity index (χ1n) is 7.31. The van der Waals surface area contributed by atoms with E-state index in [1.54, 1.807) is 6.92 Å². The largest absolute Gasteiger partial charge is 0.480 e. The van der Waals surface area contributed by atoms with Gasteiger partial charge in [-0.2, -0.15) is 0 Å². The quantitative estimate of drug-likeness (QED) is 0.788. The van der Waals surface area contributed by atoms with Crippen molar-refractivity contribution in [2.24, 2.45) is 0 Å². The van der Waals surface area contributed by atoms with Crippen molar-refractivity contribution in [3.05, 3.63) is 27.7 Å². The molecule has 0 radical (unpaired) electrons. The molecule has 1 amide bonds. The van der Waals surface area contributed by atoms with Crippen molar-refractivity contribution in [3.63, 3.8) is 0 Å². The Morgan fingerprint density at radius 1 is 1.33 bits per heavy atom. The number of amides is 1. The van der Waals surface area contributed by atoms with Gasteiger partial charge in [0.1, 0.15) is 5.75 Å². The monoisotopic (exact) mass is 356 g/mol. The summed E-state index contributed by atoms with van der Waals surface area (Å²) in [6.07, 6.45) is -0.511. The standard InChI is InChI=1S/C16H25BrN2O2/c1-6-18-16(20)12(5)21-15-11(4)7-14(17)8-13(15)9-19-10(2)3/h7-8,10,12,19H,6,9H2,1-5H3,(H,18,20). The highest BCUT2D eigenvalue weighted by Crippen LogP contribution is 2.29. The Morgan fingerprint density at radius 2 is 2.00 bits per heavy atom. The molecule has 0 saturated carbocycles. The molecule has 1 aromatic carbocycles. The van der Waals surface area contributed by atoms with Crippen LogP contribution in [-0.2, 0) is 11.3 Å². The van der Waals surface area contributed by atoms with Crippen LogP contribution in [0.2, 0.25) is 0 Å². The van der Waals surface area contributed by atoms with Crippen LogP contribution in [0.15, 0.2) is 16.6 Å². The lowest BCUT2D eigenvalue weighted by molar-refractivity contribution is -0.127. The minimum atomic E-state index is -0.511. The molecule has 0 aliphatic rings. The van der Waals surface area contributed by atoms with Crippen molar-refractivity contribution in [2.45, 2.75) is 53.3 Å². The van der Waals surface area contributed by atoms with E-state index in [-0.39, 0.29) is 5.91 Å². The van der Waals surface area contributed by atoms with Crippen LogP contribution in [0.25, 0.3) is 0 Å². The van der Waals surface area contributed by atoms with Crippen LogP contribution in [-0.4, -0.2) is 24.6 Å². The lowest BCUT2D eigenvalue weighted by Crippen LogP contribution is -2.36. The smallest absolute Gasteiger partial charge is 0.260 e. The molecule has 0 fully saturated rings. The third-order valence-electron chi connectivity index (χ3n) is 3.03. The lowest BCUT2D eigenvalue weighted by Gasteiger charge is -2.20. The van der Waals surface area contributed by atoms with Crippen LogP contribution in [0.1, 0.15) is 38.8 Å². The number of hydrogen-bond acceptors (Lipinski definition) is 3. The van der Waals surface area contributed by atoms with Gasteiger partial charge >= 0.3 is 0 Å². The summed E-state index contributed by atoms with van der Waals surface area (Å²) in [5.41, 5.74) is 2.06. The predicted octanol–water partition coefficient (Wildman–Crippen LogP) is 3.16. The van der Waals surface area contributed by atoms with Gasteiger partial charge in [0.25, 0.3) is 5.91 Å². The van der Waals surface area contributed by atoms with E-state index in [9.17, 15) is 4.79 Å². The van der Waals surface area contributed by atoms with Gasteiger partial charge in [-0.05, 0) is 38.5 Å². The Balaban J connectivity index is 2.95. The molecular formula is C16H25BrN2O2. The number of halogens is 1. The number of likely N-dealkylation sites (N-methyl/N-ethyl adjacent to an activating group) is 1. The molecular weight excluding hydrogens is 332 g/mol. The van der Waals surface area contributed by atoms with Gasteiger partial charge in [-0.3, -0.25) is 4.79 Å². The number of rotatable bonds is 7. The number of benzene rings is 1. The van der Waals surface area contributed by atoms with E-state index >= 15 is 0 Å². The van der Waals surface area contributed by atoms with Gasteiger partial charge in [0.05, 0.1) is 0 Å². The van der Waals surface area contributed by atoms with Crippen LogP contribution >= 0.6 is 15.9 Å². The summed E-state index contributed by atoms with van der Waals surface area (Å²) in [7, 11) is 0. The van der Waals surface area contributed by atoms with Crippen LogP contribution in [0.3, 0.4) is 0 Å². The molecule has 4 nitrogen and oxygen atoms in total. The normalized spacial score (nSPS) is 12.3. The van der Waals surface area contributed by atoms with Crippen LogP contribution in [0.5, 0.6) is 5.75 Å². The fourth-order valence-corrected chi connectivity index (χ4v) is 2.58. The Morgan fingerprint density at radius 3 is 2.57 bits per heavy atom. The minimum Gasteiger partial charge on any atom is -0.480 e. The molecule has 5 heteroatoms. The van der Waals surface area contributed by atoms with Gasteiger partial charge in [-0.15, -0.1) is 0 Å². The maximum absolute atomic E-state index is 11.8. The summed E-state index contributed by atoms with van der Waals surface area (Å²) < 4.78 is 6.92. The first-order chi connectivity index (χ1) is 9.85. The molecule has 21 heavy (non-hydrogen) atoms. The maximum Gasteiger partial charge on any atom is 0.260 e. The van der Waals surface area contributed by atoms with Crippen molar-refractivity contribution >= 4 is 21.8 Å². The SMILES string of the molecule is CCNC(=O)C(C)Oc1c(C)cc(Br)cc1CNC(C)C. The minimum absolute atomic E-state index is 0.0948. The molecule has 0 saturated heterocycles. The molecule has 0 aromatic heterocycles. The van der Waals surface area contributed by atoms with Gasteiger partial charge < -0.3 is 15.4 Å². The van der Waals surface area contributed by atoms with E-state index in [1.165, 1.54) is 0 Å². The molecule has 1 aromatic rings. The molecule has 1 unspecified atom stereocenters. The zero-order valence-electron chi connectivity index (χ0n) is 13.4. The third-order valence-corrected chi connectivity index (χ3v) is 3.49. The molecule has 2 N–H and O–H groups in total. The van der Waals surface area contributed by atoms with E-state index in [0.717, 1.165) is 21.3 Å². The summed E-state index contributed by atoms with van der Waals surface area (Å²) in [5, 5.41) is 6.16. The van der Waals surface area contributed by atoms with Crippen LogP contribution in [0, 0.1) is 6.92 Å². The van der Waals surface area contributed by atoms with E-state index in [4.69, 9.17) is 4.74 Å². The zero-order chi connectivity index (χ0) is 16.0. The van der Waals surface area contributed by atoms with E-state index in [2.05, 4.69) is 40.4 Å². The van der Waals surface area contributed by atoms with Crippen molar-refractivity contribution in [1.29, 1.82) is 0 Å². The van der Waals surface area contributed by atoms with Crippen molar-refractivity contribution in [3.8, 4) is 5.75 Å². The molecule has 0 aliphatic carbocycles. The summed E-state index contributed by atoms with van der Waals surface area (Å²) in [5.74, 6) is 0.688. The number of hydrogen-bond donors (Lipinski definition) is 2. The Bertz CT molecular complexity index is 489. The number of nitrogens with one attached hydrogen (secondary N) is 2. The number of ether oxygens (including phenoxy) is 1. The predicted molar refractivity (Wildman–Crippen MR) is 89.6 cm³/mol. The second kappa shape index (κ2) is 8.39. The second-order valence-electron chi connectivity index (χ2n) is 5.40. The zero-order valence-corrected chi connectivity index (χ0v) is 15.0. The number of aryl methyl sites for hydroxylation is 1. The maximum atomic E-state index is 11.8. The lowest BCUT2D eigenvalue weighted by atomic mass is 10.1. The molecule has 0 aliphatic heterocycles. The summed E-state index contributed by atoms with van der Waals surface area (Å²) >= 11 is 3.51. The molecule has 0 bridgehead atoms. The topological polar surface area (TPSA) is 50.4 Å². The van der Waals surface area contributed by atoms with Crippen LogP contribution in [0.4, 0.5) is 0 Å². The average molecular weight is 357 g/mol. The molecule has 1 rings (SSSR count). The van der Waals surface area contributed by atoms with Gasteiger partial charge in [-0.25, -0.2) is 0 Å². The Kier molecular flexibility index (Phi) is 7.18. The van der Waals surface area contributed by atoms with E-state index < -0.39 is 6.10 Å². The van der Waals surface area contributed by atoms with Crippen molar-refractivity contribution in [1.82, 2.24) is 10.6 Å². The fourth-order valence-electron chi connectivity index (χ4n) is 1.96. The molecule has 1 atom stereocenters. The van der Waals surface area contributed by atoms with Gasteiger partial charge in [0.15, 0.2) is 6.10 Å². The van der Waals surface area contributed by atoms with Crippen LogP contribution < -0.4 is 15.4 Å². The number of carbonyl (C=O) groups excluding carboxylic acids is 1. The molecule has 118 valence electrons. The van der Waals surface area contributed by atoms with E-state index in [0.29, 0.717) is 19.1 Å². The van der Waals surface area contributed by atoms with Crippen molar-refractivity contribution < 1.29 is 9.53 Å². The molecule has 0 heterocycles. The second-order valence-corrected chi connectivity index (χ2v) is 6.32. The summed E-state index contributed by atoms with van der Waals surface area (Å²) in [6.45, 7) is 11.2. The third kappa shape index (κ3) is 5.67. The first kappa shape index (κ1) is 18.0. The average Bonchev–Trinajstić information content (AvgIpc) is 2.39. The molecule has 0 spiro atoms. The van der Waals surface area contributed by atoms with Gasteiger partial charge in [-0.1, -0.05) is 29.8 Å². The Labute approximate surface area is 135 Å².